The molecule has 1 aromatic carbocycles. The molecule has 2 rings (SSSR count). The van der Waals surface area contributed by atoms with E-state index in [1.165, 1.54) is 18.3 Å². The molecule has 0 saturated heterocycles. The summed E-state index contributed by atoms with van der Waals surface area (Å²) in [5.41, 5.74) is 0.0302. The molecule has 7 heteroatoms. The van der Waals surface area contributed by atoms with Crippen molar-refractivity contribution in [1.29, 1.82) is 0 Å². The summed E-state index contributed by atoms with van der Waals surface area (Å²) in [5.74, 6) is 0.338. The Balaban J connectivity index is 2.02. The van der Waals surface area contributed by atoms with Crippen molar-refractivity contribution >= 4 is 17.4 Å². The molecule has 0 fully saturated rings. The van der Waals surface area contributed by atoms with Crippen molar-refractivity contribution in [2.45, 2.75) is 12.6 Å². The normalized spacial score (nSPS) is 11.2. The summed E-state index contributed by atoms with van der Waals surface area (Å²) in [6, 6.07) is 8.16. The highest BCUT2D eigenvalue weighted by atomic mass is 19.4. The maximum Gasteiger partial charge on any atom is 0.416 e. The highest BCUT2D eigenvalue weighted by molar-refractivity contribution is 5.92. The minimum Gasteiger partial charge on any atom is -0.363 e. The largest absolute Gasteiger partial charge is 0.416 e. The Morgan fingerprint density at radius 3 is 2.52 bits per heavy atom. The van der Waals surface area contributed by atoms with Crippen LogP contribution in [-0.4, -0.2) is 25.0 Å². The van der Waals surface area contributed by atoms with Gasteiger partial charge in [-0.1, -0.05) is 18.2 Å². The van der Waals surface area contributed by atoms with Gasteiger partial charge in [0.25, 0.3) is 0 Å². The molecule has 2 aromatic rings. The fraction of sp³-hybridized carbons (Fsp3) is 0.250. The van der Waals surface area contributed by atoms with Crippen LogP contribution in [0.2, 0.25) is 0 Å². The van der Waals surface area contributed by atoms with Crippen molar-refractivity contribution < 1.29 is 18.0 Å². The lowest BCUT2D eigenvalue weighted by atomic mass is 10.1. The van der Waals surface area contributed by atoms with Gasteiger partial charge in [-0.15, -0.1) is 0 Å². The predicted octanol–water partition coefficient (Wildman–Crippen LogP) is 3.35. The number of rotatable bonds is 4. The molecule has 4 nitrogen and oxygen atoms in total. The van der Waals surface area contributed by atoms with Crippen LogP contribution in [0.3, 0.4) is 0 Å². The van der Waals surface area contributed by atoms with Gasteiger partial charge < -0.3 is 10.2 Å². The lowest BCUT2D eigenvalue weighted by molar-refractivity contribution is -0.137. The standard InChI is InChI=1S/C16H16F3N3O/c1-22(2)14-7-6-13(10-20-14)21-15(23)9-11-4-3-5-12(8-11)16(17,18)19/h3-8,10H,9H2,1-2H3,(H,21,23). The van der Waals surface area contributed by atoms with Crippen molar-refractivity contribution in [3.05, 3.63) is 53.7 Å². The molecule has 0 saturated carbocycles. The monoisotopic (exact) mass is 323 g/mol. The summed E-state index contributed by atoms with van der Waals surface area (Å²) in [7, 11) is 3.68. The van der Waals surface area contributed by atoms with Gasteiger partial charge in [-0.25, -0.2) is 4.98 Å². The number of nitrogens with zero attached hydrogens (tertiary/aromatic N) is 2. The van der Waals surface area contributed by atoms with E-state index in [0.29, 0.717) is 11.3 Å². The maximum atomic E-state index is 12.6. The highest BCUT2D eigenvalue weighted by Crippen LogP contribution is 2.29. The van der Waals surface area contributed by atoms with E-state index in [9.17, 15) is 18.0 Å². The van der Waals surface area contributed by atoms with Gasteiger partial charge in [-0.3, -0.25) is 4.79 Å². The molecule has 0 radical (unpaired) electrons. The lowest BCUT2D eigenvalue weighted by Gasteiger charge is -2.12. The first kappa shape index (κ1) is 16.8. The second kappa shape index (κ2) is 6.68. The van der Waals surface area contributed by atoms with Crippen molar-refractivity contribution in [2.24, 2.45) is 0 Å². The number of carbonyl (C=O) groups excluding carboxylic acids is 1. The van der Waals surface area contributed by atoms with Gasteiger partial charge in [0.05, 0.1) is 23.9 Å². The maximum absolute atomic E-state index is 12.6. The Hall–Kier alpha value is -2.57. The van der Waals surface area contributed by atoms with Crippen LogP contribution >= 0.6 is 0 Å². The summed E-state index contributed by atoms with van der Waals surface area (Å²) in [6.07, 6.45) is -3.06. The number of amides is 1. The van der Waals surface area contributed by atoms with Gasteiger partial charge in [0, 0.05) is 14.1 Å². The molecule has 0 bridgehead atoms. The third-order valence-corrected chi connectivity index (χ3v) is 3.11. The number of hydrogen-bond donors (Lipinski definition) is 1. The molecular formula is C16H16F3N3O. The first-order valence-corrected chi connectivity index (χ1v) is 6.85. The Morgan fingerprint density at radius 2 is 1.96 bits per heavy atom. The van der Waals surface area contributed by atoms with Gasteiger partial charge in [0.15, 0.2) is 0 Å². The van der Waals surface area contributed by atoms with Gasteiger partial charge in [-0.05, 0) is 23.8 Å². The number of alkyl halides is 3. The lowest BCUT2D eigenvalue weighted by Crippen LogP contribution is -2.16. The average Bonchev–Trinajstić information content (AvgIpc) is 2.47. The number of aromatic nitrogens is 1. The van der Waals surface area contributed by atoms with Gasteiger partial charge in [-0.2, -0.15) is 13.2 Å². The van der Waals surface area contributed by atoms with E-state index in [2.05, 4.69) is 10.3 Å². The molecule has 1 aromatic heterocycles. The minimum atomic E-state index is -4.42. The molecular weight excluding hydrogens is 307 g/mol. The van der Waals surface area contributed by atoms with Crippen LogP contribution in [0.15, 0.2) is 42.6 Å². The fourth-order valence-electron chi connectivity index (χ4n) is 1.97. The smallest absolute Gasteiger partial charge is 0.363 e. The van der Waals surface area contributed by atoms with Crippen molar-refractivity contribution in [3.63, 3.8) is 0 Å². The summed E-state index contributed by atoms with van der Waals surface area (Å²) in [4.78, 5) is 17.9. The molecule has 122 valence electrons. The van der Waals surface area contributed by atoms with Crippen molar-refractivity contribution in [3.8, 4) is 0 Å². The van der Waals surface area contributed by atoms with E-state index < -0.39 is 17.6 Å². The summed E-state index contributed by atoms with van der Waals surface area (Å²) in [6.45, 7) is 0. The summed E-state index contributed by atoms with van der Waals surface area (Å²) in [5, 5.41) is 2.61. The topological polar surface area (TPSA) is 45.2 Å². The van der Waals surface area contributed by atoms with E-state index in [1.54, 1.807) is 12.1 Å². The zero-order valence-corrected chi connectivity index (χ0v) is 12.7. The number of pyridine rings is 1. The first-order chi connectivity index (χ1) is 10.8. The highest BCUT2D eigenvalue weighted by Gasteiger charge is 2.30. The second-order valence-electron chi connectivity index (χ2n) is 5.22. The summed E-state index contributed by atoms with van der Waals surface area (Å²) >= 11 is 0. The number of anilines is 2. The molecule has 23 heavy (non-hydrogen) atoms. The molecule has 0 atom stereocenters. The second-order valence-corrected chi connectivity index (χ2v) is 5.22. The fourth-order valence-corrected chi connectivity index (χ4v) is 1.97. The molecule has 0 spiro atoms. The molecule has 1 amide bonds. The van der Waals surface area contributed by atoms with Crippen molar-refractivity contribution in [1.82, 2.24) is 4.98 Å². The van der Waals surface area contributed by atoms with Gasteiger partial charge >= 0.3 is 6.18 Å². The third-order valence-electron chi connectivity index (χ3n) is 3.11. The average molecular weight is 323 g/mol. The van der Waals surface area contributed by atoms with Crippen LogP contribution in [0.1, 0.15) is 11.1 Å². The number of nitrogens with one attached hydrogen (secondary N) is 1. The zero-order valence-electron chi connectivity index (χ0n) is 12.7. The van der Waals surface area contributed by atoms with Gasteiger partial charge in [0.1, 0.15) is 5.82 Å². The van der Waals surface area contributed by atoms with Crippen LogP contribution in [0.4, 0.5) is 24.7 Å². The number of benzene rings is 1. The summed E-state index contributed by atoms with van der Waals surface area (Å²) < 4.78 is 37.9. The quantitative estimate of drug-likeness (QED) is 0.938. The molecule has 0 aliphatic carbocycles. The van der Waals surface area contributed by atoms with E-state index in [-0.39, 0.29) is 6.42 Å². The van der Waals surface area contributed by atoms with Crippen LogP contribution in [0.5, 0.6) is 0 Å². The van der Waals surface area contributed by atoms with E-state index in [0.717, 1.165) is 18.0 Å². The van der Waals surface area contributed by atoms with E-state index in [1.807, 2.05) is 19.0 Å². The Kier molecular flexibility index (Phi) is 4.88. The molecule has 1 N–H and O–H groups in total. The molecule has 1 heterocycles. The SMILES string of the molecule is CN(C)c1ccc(NC(=O)Cc2cccc(C(F)(F)F)c2)cn1. The minimum absolute atomic E-state index is 0.140. The Morgan fingerprint density at radius 1 is 1.22 bits per heavy atom. The predicted molar refractivity (Wildman–Crippen MR) is 82.3 cm³/mol. The Bertz CT molecular complexity index is 682. The zero-order chi connectivity index (χ0) is 17.0. The van der Waals surface area contributed by atoms with Crippen LogP contribution in [0, 0.1) is 0 Å². The molecule has 0 aliphatic heterocycles. The van der Waals surface area contributed by atoms with E-state index >= 15 is 0 Å². The van der Waals surface area contributed by atoms with Crippen LogP contribution in [-0.2, 0) is 17.4 Å². The number of halogens is 3. The van der Waals surface area contributed by atoms with Crippen LogP contribution in [0.25, 0.3) is 0 Å². The van der Waals surface area contributed by atoms with Crippen molar-refractivity contribution in [2.75, 3.05) is 24.3 Å². The molecule has 0 aliphatic rings. The third kappa shape index (κ3) is 4.70. The molecule has 0 unspecified atom stereocenters. The van der Waals surface area contributed by atoms with Gasteiger partial charge in [0.2, 0.25) is 5.91 Å². The van der Waals surface area contributed by atoms with E-state index in [4.69, 9.17) is 0 Å². The Labute approximate surface area is 132 Å². The number of carbonyl (C=O) groups is 1. The van der Waals surface area contributed by atoms with Crippen LogP contribution < -0.4 is 10.2 Å². The number of hydrogen-bond acceptors (Lipinski definition) is 3. The first-order valence-electron chi connectivity index (χ1n) is 6.85.